The van der Waals surface area contributed by atoms with Gasteiger partial charge in [-0.05, 0) is 31.0 Å². The Balaban J connectivity index is 3.59. The van der Waals surface area contributed by atoms with E-state index in [1.807, 2.05) is 0 Å². The third-order valence-electron chi connectivity index (χ3n) is 2.32. The SMILES string of the molecule is Cc1ccc(C(F)(F)F)c(C(F)(F)F)c1C. The van der Waals surface area contributed by atoms with Crippen LogP contribution in [0.4, 0.5) is 26.3 Å². The topological polar surface area (TPSA) is 0 Å². The van der Waals surface area contributed by atoms with E-state index in [0.29, 0.717) is 6.07 Å². The first-order valence-corrected chi connectivity index (χ1v) is 4.29. The summed E-state index contributed by atoms with van der Waals surface area (Å²) in [6.45, 7) is 2.37. The molecule has 0 aliphatic carbocycles. The van der Waals surface area contributed by atoms with E-state index in [-0.39, 0.29) is 11.1 Å². The van der Waals surface area contributed by atoms with Gasteiger partial charge in [0.05, 0.1) is 11.1 Å². The fourth-order valence-electron chi connectivity index (χ4n) is 1.42. The number of hydrogen-bond acceptors (Lipinski definition) is 0. The largest absolute Gasteiger partial charge is 0.417 e. The standard InChI is InChI=1S/C10H8F6/c1-5-3-4-7(9(11,12)13)8(6(5)2)10(14,15)16/h3-4H,1-2H3. The van der Waals surface area contributed by atoms with Crippen LogP contribution in [0.1, 0.15) is 22.3 Å². The van der Waals surface area contributed by atoms with Crippen LogP contribution in [0.25, 0.3) is 0 Å². The second-order valence-corrected chi connectivity index (χ2v) is 3.43. The van der Waals surface area contributed by atoms with E-state index in [1.165, 1.54) is 6.92 Å². The molecule has 0 radical (unpaired) electrons. The summed E-state index contributed by atoms with van der Waals surface area (Å²) in [5, 5.41) is 0. The molecule has 90 valence electrons. The molecule has 6 heteroatoms. The number of benzene rings is 1. The molecule has 0 aromatic heterocycles. The summed E-state index contributed by atoms with van der Waals surface area (Å²) < 4.78 is 74.7. The predicted octanol–water partition coefficient (Wildman–Crippen LogP) is 4.34. The van der Waals surface area contributed by atoms with Crippen LogP contribution in [0.2, 0.25) is 0 Å². The van der Waals surface area contributed by atoms with E-state index >= 15 is 0 Å². The number of halogens is 6. The molecular weight excluding hydrogens is 234 g/mol. The summed E-state index contributed by atoms with van der Waals surface area (Å²) in [4.78, 5) is 0. The summed E-state index contributed by atoms with van der Waals surface area (Å²) in [5.41, 5.74) is -3.44. The second kappa shape index (κ2) is 3.68. The van der Waals surface area contributed by atoms with Crippen LogP contribution in [0.3, 0.4) is 0 Å². The Labute approximate surface area is 87.9 Å². The van der Waals surface area contributed by atoms with Crippen molar-refractivity contribution in [3.63, 3.8) is 0 Å². The molecule has 0 atom stereocenters. The van der Waals surface area contributed by atoms with Crippen LogP contribution < -0.4 is 0 Å². The van der Waals surface area contributed by atoms with E-state index in [1.54, 1.807) is 0 Å². The van der Waals surface area contributed by atoms with Crippen molar-refractivity contribution in [1.82, 2.24) is 0 Å². The lowest BCUT2D eigenvalue weighted by molar-refractivity contribution is -0.162. The lowest BCUT2D eigenvalue weighted by Crippen LogP contribution is -2.18. The second-order valence-electron chi connectivity index (χ2n) is 3.43. The van der Waals surface area contributed by atoms with Gasteiger partial charge in [0, 0.05) is 0 Å². The van der Waals surface area contributed by atoms with Gasteiger partial charge in [-0.3, -0.25) is 0 Å². The molecule has 0 fully saturated rings. The maximum Gasteiger partial charge on any atom is 0.417 e. The van der Waals surface area contributed by atoms with E-state index in [4.69, 9.17) is 0 Å². The average Bonchev–Trinajstić information content (AvgIpc) is 2.05. The van der Waals surface area contributed by atoms with Crippen LogP contribution in [0, 0.1) is 13.8 Å². The summed E-state index contributed by atoms with van der Waals surface area (Å²) >= 11 is 0. The monoisotopic (exact) mass is 242 g/mol. The van der Waals surface area contributed by atoms with E-state index < -0.39 is 23.5 Å². The fourth-order valence-corrected chi connectivity index (χ4v) is 1.42. The first-order valence-electron chi connectivity index (χ1n) is 4.29. The zero-order chi connectivity index (χ0) is 12.7. The summed E-state index contributed by atoms with van der Waals surface area (Å²) in [6, 6.07) is 1.50. The molecule has 0 N–H and O–H groups in total. The summed E-state index contributed by atoms with van der Waals surface area (Å²) in [6.07, 6.45) is -10.00. The van der Waals surface area contributed by atoms with Crippen molar-refractivity contribution < 1.29 is 26.3 Å². The first-order chi connectivity index (χ1) is 7.05. The number of aryl methyl sites for hydroxylation is 1. The normalized spacial score (nSPS) is 13.0. The van der Waals surface area contributed by atoms with Crippen LogP contribution in [-0.4, -0.2) is 0 Å². The van der Waals surface area contributed by atoms with Crippen molar-refractivity contribution in [2.75, 3.05) is 0 Å². The van der Waals surface area contributed by atoms with Gasteiger partial charge in [0.25, 0.3) is 0 Å². The minimum atomic E-state index is -5.00. The van der Waals surface area contributed by atoms with Gasteiger partial charge in [0.2, 0.25) is 0 Å². The van der Waals surface area contributed by atoms with Gasteiger partial charge in [-0.25, -0.2) is 0 Å². The van der Waals surface area contributed by atoms with Gasteiger partial charge >= 0.3 is 12.4 Å². The molecule has 0 saturated heterocycles. The van der Waals surface area contributed by atoms with Crippen molar-refractivity contribution >= 4 is 0 Å². The van der Waals surface area contributed by atoms with Crippen LogP contribution in [0.5, 0.6) is 0 Å². The molecule has 0 spiro atoms. The van der Waals surface area contributed by atoms with Crippen molar-refractivity contribution in [3.8, 4) is 0 Å². The number of hydrogen-bond donors (Lipinski definition) is 0. The highest BCUT2D eigenvalue weighted by molar-refractivity contribution is 5.43. The Morgan fingerprint density at radius 2 is 1.31 bits per heavy atom. The lowest BCUT2D eigenvalue weighted by Gasteiger charge is -2.18. The maximum atomic E-state index is 12.5. The first kappa shape index (κ1) is 12.9. The van der Waals surface area contributed by atoms with E-state index in [0.717, 1.165) is 13.0 Å². The molecule has 1 aromatic rings. The summed E-state index contributed by atoms with van der Waals surface area (Å²) in [7, 11) is 0. The molecule has 0 nitrogen and oxygen atoms in total. The van der Waals surface area contributed by atoms with Crippen LogP contribution in [-0.2, 0) is 12.4 Å². The third-order valence-corrected chi connectivity index (χ3v) is 2.32. The molecule has 0 unspecified atom stereocenters. The van der Waals surface area contributed by atoms with Gasteiger partial charge in [-0.2, -0.15) is 26.3 Å². The van der Waals surface area contributed by atoms with Crippen LogP contribution >= 0.6 is 0 Å². The van der Waals surface area contributed by atoms with Crippen molar-refractivity contribution in [2.24, 2.45) is 0 Å². The molecule has 16 heavy (non-hydrogen) atoms. The van der Waals surface area contributed by atoms with Gasteiger partial charge < -0.3 is 0 Å². The van der Waals surface area contributed by atoms with E-state index in [9.17, 15) is 26.3 Å². The Morgan fingerprint density at radius 1 is 0.812 bits per heavy atom. The minimum Gasteiger partial charge on any atom is -0.166 e. The Kier molecular flexibility index (Phi) is 2.96. The molecular formula is C10H8F6. The zero-order valence-electron chi connectivity index (χ0n) is 8.42. The van der Waals surface area contributed by atoms with Crippen LogP contribution in [0.15, 0.2) is 12.1 Å². The van der Waals surface area contributed by atoms with Gasteiger partial charge in [-0.1, -0.05) is 6.07 Å². The maximum absolute atomic E-state index is 12.5. The van der Waals surface area contributed by atoms with Gasteiger partial charge in [0.1, 0.15) is 0 Å². The molecule has 0 amide bonds. The lowest BCUT2D eigenvalue weighted by atomic mass is 9.97. The van der Waals surface area contributed by atoms with E-state index in [2.05, 4.69) is 0 Å². The molecule has 0 aliphatic rings. The van der Waals surface area contributed by atoms with Crippen molar-refractivity contribution in [1.29, 1.82) is 0 Å². The fraction of sp³-hybridized carbons (Fsp3) is 0.400. The Morgan fingerprint density at radius 3 is 1.69 bits per heavy atom. The number of alkyl halides is 6. The minimum absolute atomic E-state index is 0.181. The smallest absolute Gasteiger partial charge is 0.166 e. The zero-order valence-corrected chi connectivity index (χ0v) is 8.42. The van der Waals surface area contributed by atoms with Crippen molar-refractivity contribution in [2.45, 2.75) is 26.2 Å². The molecule has 0 heterocycles. The highest BCUT2D eigenvalue weighted by Gasteiger charge is 2.44. The molecule has 0 aliphatic heterocycles. The molecule has 1 aromatic carbocycles. The third kappa shape index (κ3) is 2.31. The molecule has 1 rings (SSSR count). The average molecular weight is 242 g/mol. The number of rotatable bonds is 0. The molecule has 0 bridgehead atoms. The van der Waals surface area contributed by atoms with Crippen molar-refractivity contribution in [3.05, 3.63) is 34.4 Å². The highest BCUT2D eigenvalue weighted by atomic mass is 19.4. The quantitative estimate of drug-likeness (QED) is 0.593. The van der Waals surface area contributed by atoms with Gasteiger partial charge in [-0.15, -0.1) is 0 Å². The highest BCUT2D eigenvalue weighted by Crippen LogP contribution is 2.42. The predicted molar refractivity (Wildman–Crippen MR) is 45.9 cm³/mol. The van der Waals surface area contributed by atoms with Gasteiger partial charge in [0.15, 0.2) is 0 Å². The Bertz CT molecular complexity index is 399. The molecule has 0 saturated carbocycles. The Hall–Kier alpha value is -1.20. The summed E-state index contributed by atoms with van der Waals surface area (Å²) in [5.74, 6) is 0.